The maximum absolute atomic E-state index is 11.4. The van der Waals surface area contributed by atoms with Crippen LogP contribution in [0.1, 0.15) is 27.7 Å². The smallest absolute Gasteiger partial charge is 0.304 e. The summed E-state index contributed by atoms with van der Waals surface area (Å²) >= 11 is 1.88. The normalized spacial score (nSPS) is 29.3. The number of esters is 4. The third-order valence-corrected chi connectivity index (χ3v) is 4.21. The van der Waals surface area contributed by atoms with Crippen molar-refractivity contribution in [3.05, 3.63) is 0 Å². The Morgan fingerprint density at radius 2 is 1.33 bits per heavy atom. The molecule has 0 radical (unpaired) electrons. The van der Waals surface area contributed by atoms with Gasteiger partial charge in [-0.05, 0) is 0 Å². The van der Waals surface area contributed by atoms with E-state index in [0.717, 1.165) is 0 Å². The molecular weight excluding hydrogens is 439 g/mol. The van der Waals surface area contributed by atoms with Crippen LogP contribution in [-0.2, 0) is 42.9 Å². The Balaban J connectivity index is 3.08. The minimum Gasteiger partial charge on any atom is -0.463 e. The summed E-state index contributed by atoms with van der Waals surface area (Å²) in [5, 5.41) is 0. The summed E-state index contributed by atoms with van der Waals surface area (Å²) < 4.78 is 25.3. The Labute approximate surface area is 152 Å². The zero-order valence-electron chi connectivity index (χ0n) is 13.6. The zero-order valence-corrected chi connectivity index (χ0v) is 15.8. The van der Waals surface area contributed by atoms with E-state index in [1.54, 1.807) is 0 Å². The lowest BCUT2D eigenvalue weighted by Crippen LogP contribution is -2.60. The fourth-order valence-electron chi connectivity index (χ4n) is 2.12. The highest BCUT2D eigenvalue weighted by Crippen LogP contribution is 2.32. The highest BCUT2D eigenvalue weighted by atomic mass is 127. The number of alkyl halides is 1. The van der Waals surface area contributed by atoms with Crippen LogP contribution in [0.4, 0.5) is 0 Å². The van der Waals surface area contributed by atoms with Gasteiger partial charge in [0.05, 0.1) is 0 Å². The maximum atomic E-state index is 11.4. The van der Waals surface area contributed by atoms with Crippen molar-refractivity contribution in [2.24, 2.45) is 0 Å². The van der Waals surface area contributed by atoms with Crippen LogP contribution < -0.4 is 0 Å². The molecule has 1 fully saturated rings. The lowest BCUT2D eigenvalue weighted by molar-refractivity contribution is -0.254. The molecule has 9 nitrogen and oxygen atoms in total. The van der Waals surface area contributed by atoms with Gasteiger partial charge in [-0.3, -0.25) is 19.2 Å². The van der Waals surface area contributed by atoms with E-state index in [-0.39, 0.29) is 6.61 Å². The Morgan fingerprint density at radius 1 is 0.833 bits per heavy atom. The third kappa shape index (κ3) is 6.23. The predicted octanol–water partition coefficient (Wildman–Crippen LogP) is 0.504. The number of halogens is 1. The van der Waals surface area contributed by atoms with Gasteiger partial charge in [-0.25, -0.2) is 0 Å². The molecule has 1 saturated heterocycles. The molecule has 1 aliphatic heterocycles. The van der Waals surface area contributed by atoms with Crippen LogP contribution in [-0.4, -0.2) is 59.0 Å². The molecule has 1 unspecified atom stereocenters. The predicted molar refractivity (Wildman–Crippen MR) is 86.0 cm³/mol. The summed E-state index contributed by atoms with van der Waals surface area (Å²) in [6, 6.07) is 0. The first-order chi connectivity index (χ1) is 11.1. The van der Waals surface area contributed by atoms with Gasteiger partial charge in [0.15, 0.2) is 12.2 Å². The van der Waals surface area contributed by atoms with Crippen LogP contribution in [0.5, 0.6) is 0 Å². The Hall–Kier alpha value is -1.43. The standard InChI is InChI=1S/C14H19IO9/c1-6(16)20-5-10-12(21-7(2)17)13(22-8(3)18)11(15)14(24-10)23-9(4)19/h10-14H,5H2,1-4H3/t10-,11-,12+,13-,14?/m1/s1. The second kappa shape index (κ2) is 9.16. The van der Waals surface area contributed by atoms with Gasteiger partial charge in [-0.2, -0.15) is 0 Å². The van der Waals surface area contributed by atoms with Crippen molar-refractivity contribution in [2.75, 3.05) is 6.61 Å². The lowest BCUT2D eigenvalue weighted by atomic mass is 10.0. The van der Waals surface area contributed by atoms with Gasteiger partial charge in [0.2, 0.25) is 6.29 Å². The van der Waals surface area contributed by atoms with E-state index in [9.17, 15) is 19.2 Å². The van der Waals surface area contributed by atoms with E-state index in [4.69, 9.17) is 23.7 Å². The van der Waals surface area contributed by atoms with Crippen molar-refractivity contribution >= 4 is 46.5 Å². The van der Waals surface area contributed by atoms with Crippen LogP contribution in [0, 0.1) is 0 Å². The summed E-state index contributed by atoms with van der Waals surface area (Å²) in [6.07, 6.45) is -3.97. The quantitative estimate of drug-likeness (QED) is 0.252. The molecule has 0 aromatic heterocycles. The minimum absolute atomic E-state index is 0.258. The molecule has 1 aliphatic rings. The molecule has 0 aromatic rings. The first kappa shape index (κ1) is 20.6. The van der Waals surface area contributed by atoms with Gasteiger partial charge in [-0.1, -0.05) is 22.6 Å². The molecule has 0 amide bonds. The van der Waals surface area contributed by atoms with Crippen LogP contribution in [0.3, 0.4) is 0 Å². The van der Waals surface area contributed by atoms with Crippen molar-refractivity contribution in [3.63, 3.8) is 0 Å². The summed E-state index contributed by atoms with van der Waals surface area (Å²) in [6.45, 7) is 4.54. The molecule has 1 heterocycles. The van der Waals surface area contributed by atoms with Gasteiger partial charge in [0.25, 0.3) is 0 Å². The maximum Gasteiger partial charge on any atom is 0.304 e. The average molecular weight is 458 g/mol. The van der Waals surface area contributed by atoms with E-state index in [1.165, 1.54) is 27.7 Å². The number of hydrogen-bond acceptors (Lipinski definition) is 9. The number of hydrogen-bond donors (Lipinski definition) is 0. The van der Waals surface area contributed by atoms with Crippen molar-refractivity contribution in [1.29, 1.82) is 0 Å². The first-order valence-corrected chi connectivity index (χ1v) is 8.31. The molecule has 10 heteroatoms. The number of carbonyl (C=O) groups excluding carboxylic acids is 4. The van der Waals surface area contributed by atoms with Gasteiger partial charge >= 0.3 is 23.9 Å². The third-order valence-electron chi connectivity index (χ3n) is 2.91. The zero-order chi connectivity index (χ0) is 18.4. The molecule has 0 aliphatic carbocycles. The summed E-state index contributed by atoms with van der Waals surface area (Å²) in [5.41, 5.74) is 0. The Morgan fingerprint density at radius 3 is 1.79 bits per heavy atom. The van der Waals surface area contributed by atoms with E-state index >= 15 is 0 Å². The molecule has 136 valence electrons. The molecule has 24 heavy (non-hydrogen) atoms. The fourth-order valence-corrected chi connectivity index (χ4v) is 2.99. The highest BCUT2D eigenvalue weighted by Gasteiger charge is 2.50. The molecule has 0 spiro atoms. The molecule has 0 bridgehead atoms. The number of rotatable bonds is 5. The molecule has 0 saturated carbocycles. The second-order valence-corrected chi connectivity index (χ2v) is 6.49. The van der Waals surface area contributed by atoms with Crippen LogP contribution in [0.15, 0.2) is 0 Å². The number of carbonyl (C=O) groups is 4. The van der Waals surface area contributed by atoms with E-state index in [1.807, 2.05) is 22.6 Å². The van der Waals surface area contributed by atoms with Crippen LogP contribution in [0.2, 0.25) is 0 Å². The summed E-state index contributed by atoms with van der Waals surface area (Å²) in [4.78, 5) is 45.0. The molecule has 0 aromatic carbocycles. The van der Waals surface area contributed by atoms with E-state index < -0.39 is 52.4 Å². The van der Waals surface area contributed by atoms with Gasteiger partial charge < -0.3 is 23.7 Å². The van der Waals surface area contributed by atoms with Gasteiger partial charge in [0.1, 0.15) is 16.6 Å². The van der Waals surface area contributed by atoms with Crippen molar-refractivity contribution in [1.82, 2.24) is 0 Å². The fraction of sp³-hybridized carbons (Fsp3) is 0.714. The van der Waals surface area contributed by atoms with E-state index in [2.05, 4.69) is 0 Å². The van der Waals surface area contributed by atoms with Crippen molar-refractivity contribution in [3.8, 4) is 0 Å². The number of ether oxygens (including phenoxy) is 5. The Bertz CT molecular complexity index is 490. The average Bonchev–Trinajstić information content (AvgIpc) is 2.42. The van der Waals surface area contributed by atoms with Crippen molar-refractivity contribution in [2.45, 2.75) is 56.2 Å². The van der Waals surface area contributed by atoms with Crippen molar-refractivity contribution < 1.29 is 42.9 Å². The molecule has 5 atom stereocenters. The molecule has 1 rings (SSSR count). The first-order valence-electron chi connectivity index (χ1n) is 7.06. The largest absolute Gasteiger partial charge is 0.463 e. The Kier molecular flexibility index (Phi) is 7.87. The van der Waals surface area contributed by atoms with Gasteiger partial charge in [0, 0.05) is 27.7 Å². The van der Waals surface area contributed by atoms with Crippen LogP contribution in [0.25, 0.3) is 0 Å². The topological polar surface area (TPSA) is 114 Å². The van der Waals surface area contributed by atoms with Gasteiger partial charge in [-0.15, -0.1) is 0 Å². The van der Waals surface area contributed by atoms with E-state index in [0.29, 0.717) is 0 Å². The van der Waals surface area contributed by atoms with Crippen LogP contribution >= 0.6 is 22.6 Å². The highest BCUT2D eigenvalue weighted by molar-refractivity contribution is 14.1. The summed E-state index contributed by atoms with van der Waals surface area (Å²) in [5.74, 6) is -2.39. The summed E-state index contributed by atoms with van der Waals surface area (Å²) in [7, 11) is 0. The minimum atomic E-state index is -1.06. The second-order valence-electron chi connectivity index (χ2n) is 5.05. The lowest BCUT2D eigenvalue weighted by Gasteiger charge is -2.42. The molecular formula is C14H19IO9. The monoisotopic (exact) mass is 458 g/mol. The molecule has 0 N–H and O–H groups in total. The SMILES string of the molecule is CC(=O)OC[C@H]1OC(OC(C)=O)[C@H](I)[C@@H](OC(C)=O)[C@H]1OC(C)=O.